The zero-order valence-corrected chi connectivity index (χ0v) is 16.5. The second-order valence-electron chi connectivity index (χ2n) is 7.04. The number of ether oxygens (including phenoxy) is 2. The topological polar surface area (TPSA) is 89.6 Å². The van der Waals surface area contributed by atoms with E-state index in [4.69, 9.17) is 9.47 Å². The molecule has 0 atom stereocenters. The number of hydrogen-bond donors (Lipinski definition) is 2. The molecule has 2 heterocycles. The molecule has 154 valence electrons. The second kappa shape index (κ2) is 9.26. The van der Waals surface area contributed by atoms with Gasteiger partial charge in [0.25, 0.3) is 5.91 Å². The third-order valence-electron chi connectivity index (χ3n) is 4.84. The minimum atomic E-state index is -0.187. The Morgan fingerprint density at radius 2 is 2.00 bits per heavy atom. The fourth-order valence-corrected chi connectivity index (χ4v) is 3.32. The molecule has 7 heteroatoms. The quantitative estimate of drug-likeness (QED) is 0.562. The van der Waals surface area contributed by atoms with E-state index in [2.05, 4.69) is 15.6 Å². The summed E-state index contributed by atoms with van der Waals surface area (Å²) in [6, 6.07) is 15.1. The second-order valence-corrected chi connectivity index (χ2v) is 7.04. The van der Waals surface area contributed by atoms with Crippen LogP contribution in [-0.4, -0.2) is 36.6 Å². The van der Waals surface area contributed by atoms with Crippen molar-refractivity contribution < 1.29 is 19.1 Å². The standard InChI is InChI=1S/C23H23N3O4/c27-21-10-7-17-14-18(8-9-19(17)26-21)30-15-22(28)24-12-3-13-29-20-6-1-4-16-5-2-11-25-23(16)20/h1-2,4-6,8-9,11,14H,3,7,10,12-13,15H2,(H,24,28)(H,26,27). The Labute approximate surface area is 174 Å². The number of nitrogens with zero attached hydrogens (tertiary/aromatic N) is 1. The number of aryl methyl sites for hydroxylation is 1. The van der Waals surface area contributed by atoms with Gasteiger partial charge in [0, 0.05) is 30.2 Å². The van der Waals surface area contributed by atoms with E-state index in [1.165, 1.54) is 0 Å². The molecule has 1 aliphatic heterocycles. The summed E-state index contributed by atoms with van der Waals surface area (Å²) in [6.45, 7) is 0.920. The van der Waals surface area contributed by atoms with Crippen molar-refractivity contribution in [2.75, 3.05) is 25.1 Å². The third kappa shape index (κ3) is 4.86. The van der Waals surface area contributed by atoms with Crippen LogP contribution < -0.4 is 20.1 Å². The maximum atomic E-state index is 12.0. The van der Waals surface area contributed by atoms with E-state index >= 15 is 0 Å². The number of anilines is 1. The molecule has 0 radical (unpaired) electrons. The molecule has 0 unspecified atom stereocenters. The summed E-state index contributed by atoms with van der Waals surface area (Å²) in [5.41, 5.74) is 2.67. The van der Waals surface area contributed by atoms with Gasteiger partial charge in [0.1, 0.15) is 17.0 Å². The number of carbonyl (C=O) groups excluding carboxylic acids is 2. The van der Waals surface area contributed by atoms with Gasteiger partial charge in [0.15, 0.2) is 6.61 Å². The third-order valence-corrected chi connectivity index (χ3v) is 4.84. The summed E-state index contributed by atoms with van der Waals surface area (Å²) in [5.74, 6) is 1.20. The lowest BCUT2D eigenvalue weighted by Crippen LogP contribution is -2.30. The molecule has 0 fully saturated rings. The summed E-state index contributed by atoms with van der Waals surface area (Å²) < 4.78 is 11.4. The summed E-state index contributed by atoms with van der Waals surface area (Å²) in [7, 11) is 0. The van der Waals surface area contributed by atoms with Crippen molar-refractivity contribution in [2.45, 2.75) is 19.3 Å². The first-order valence-corrected chi connectivity index (χ1v) is 9.98. The number of hydrogen-bond acceptors (Lipinski definition) is 5. The fraction of sp³-hybridized carbons (Fsp3) is 0.261. The van der Waals surface area contributed by atoms with Crippen LogP contribution in [0.2, 0.25) is 0 Å². The smallest absolute Gasteiger partial charge is 0.257 e. The van der Waals surface area contributed by atoms with Gasteiger partial charge in [-0.25, -0.2) is 0 Å². The van der Waals surface area contributed by atoms with Crippen LogP contribution in [-0.2, 0) is 16.0 Å². The number of aromatic nitrogens is 1. The maximum Gasteiger partial charge on any atom is 0.257 e. The van der Waals surface area contributed by atoms with Gasteiger partial charge in [-0.3, -0.25) is 14.6 Å². The Kier molecular flexibility index (Phi) is 6.08. The number of fused-ring (bicyclic) bond motifs is 2. The highest BCUT2D eigenvalue weighted by Crippen LogP contribution is 2.26. The van der Waals surface area contributed by atoms with Gasteiger partial charge in [0.2, 0.25) is 5.91 Å². The predicted molar refractivity (Wildman–Crippen MR) is 114 cm³/mol. The van der Waals surface area contributed by atoms with Gasteiger partial charge in [-0.15, -0.1) is 0 Å². The zero-order valence-electron chi connectivity index (χ0n) is 16.5. The summed E-state index contributed by atoms with van der Waals surface area (Å²) >= 11 is 0. The maximum absolute atomic E-state index is 12.0. The van der Waals surface area contributed by atoms with Gasteiger partial charge < -0.3 is 20.1 Å². The summed E-state index contributed by atoms with van der Waals surface area (Å²) in [6.07, 6.45) is 3.56. The summed E-state index contributed by atoms with van der Waals surface area (Å²) in [4.78, 5) is 27.8. The number of pyridine rings is 1. The molecule has 0 spiro atoms. The Bertz CT molecular complexity index is 1060. The lowest BCUT2D eigenvalue weighted by molar-refractivity contribution is -0.123. The van der Waals surface area contributed by atoms with Gasteiger partial charge in [-0.05, 0) is 48.7 Å². The normalized spacial score (nSPS) is 12.7. The molecule has 1 aliphatic rings. The molecule has 0 bridgehead atoms. The Balaban J connectivity index is 1.17. The molecule has 0 aliphatic carbocycles. The number of rotatable bonds is 8. The van der Waals surface area contributed by atoms with Crippen LogP contribution in [0.4, 0.5) is 5.69 Å². The Morgan fingerprint density at radius 3 is 2.93 bits per heavy atom. The lowest BCUT2D eigenvalue weighted by Gasteiger charge is -2.17. The van der Waals surface area contributed by atoms with Crippen molar-refractivity contribution in [3.8, 4) is 11.5 Å². The van der Waals surface area contributed by atoms with E-state index in [1.54, 1.807) is 18.3 Å². The van der Waals surface area contributed by atoms with Crippen LogP contribution in [0.1, 0.15) is 18.4 Å². The minimum Gasteiger partial charge on any atom is -0.491 e. The molecule has 0 saturated heterocycles. The van der Waals surface area contributed by atoms with Crippen LogP contribution >= 0.6 is 0 Å². The SMILES string of the molecule is O=C(COc1ccc2c(c1)CCC(=O)N2)NCCCOc1cccc2cccnc12. The molecule has 4 rings (SSSR count). The van der Waals surface area contributed by atoms with Crippen LogP contribution in [0.15, 0.2) is 54.7 Å². The highest BCUT2D eigenvalue weighted by atomic mass is 16.5. The predicted octanol–water partition coefficient (Wildman–Crippen LogP) is 3.08. The van der Waals surface area contributed by atoms with Gasteiger partial charge >= 0.3 is 0 Å². The van der Waals surface area contributed by atoms with E-state index in [0.29, 0.717) is 38.2 Å². The van der Waals surface area contributed by atoms with Crippen LogP contribution in [0.5, 0.6) is 11.5 Å². The van der Waals surface area contributed by atoms with Gasteiger partial charge in [-0.1, -0.05) is 18.2 Å². The van der Waals surface area contributed by atoms with Gasteiger partial charge in [0.05, 0.1) is 6.61 Å². The summed E-state index contributed by atoms with van der Waals surface area (Å²) in [5, 5.41) is 6.68. The van der Waals surface area contributed by atoms with Crippen LogP contribution in [0, 0.1) is 0 Å². The molecular weight excluding hydrogens is 382 g/mol. The fourth-order valence-electron chi connectivity index (χ4n) is 3.32. The molecule has 2 aromatic carbocycles. The average molecular weight is 405 g/mol. The van der Waals surface area contributed by atoms with Crippen molar-refractivity contribution in [1.82, 2.24) is 10.3 Å². The van der Waals surface area contributed by atoms with Crippen molar-refractivity contribution in [1.29, 1.82) is 0 Å². The van der Waals surface area contributed by atoms with Crippen molar-refractivity contribution in [3.05, 3.63) is 60.3 Å². The van der Waals surface area contributed by atoms with Crippen molar-refractivity contribution in [2.24, 2.45) is 0 Å². The first kappa shape index (κ1) is 19.7. The van der Waals surface area contributed by atoms with Crippen LogP contribution in [0.25, 0.3) is 10.9 Å². The number of benzene rings is 2. The van der Waals surface area contributed by atoms with E-state index in [9.17, 15) is 9.59 Å². The molecule has 0 saturated carbocycles. The molecule has 2 N–H and O–H groups in total. The highest BCUT2D eigenvalue weighted by molar-refractivity contribution is 5.94. The van der Waals surface area contributed by atoms with E-state index < -0.39 is 0 Å². The number of para-hydroxylation sites is 1. The van der Waals surface area contributed by atoms with E-state index in [0.717, 1.165) is 27.9 Å². The molecule has 30 heavy (non-hydrogen) atoms. The highest BCUT2D eigenvalue weighted by Gasteiger charge is 2.15. The molecule has 1 aromatic heterocycles. The van der Waals surface area contributed by atoms with Crippen LogP contribution in [0.3, 0.4) is 0 Å². The largest absolute Gasteiger partial charge is 0.491 e. The number of nitrogens with one attached hydrogen (secondary N) is 2. The molecule has 7 nitrogen and oxygen atoms in total. The zero-order chi connectivity index (χ0) is 20.8. The Hall–Kier alpha value is -3.61. The number of amides is 2. The average Bonchev–Trinajstić information content (AvgIpc) is 2.77. The van der Waals surface area contributed by atoms with E-state index in [-0.39, 0.29) is 18.4 Å². The first-order valence-electron chi connectivity index (χ1n) is 9.98. The van der Waals surface area contributed by atoms with Crippen molar-refractivity contribution >= 4 is 28.4 Å². The monoisotopic (exact) mass is 405 g/mol. The first-order chi connectivity index (χ1) is 14.7. The Morgan fingerprint density at radius 1 is 1.10 bits per heavy atom. The minimum absolute atomic E-state index is 0.0243. The van der Waals surface area contributed by atoms with Crippen molar-refractivity contribution in [3.63, 3.8) is 0 Å². The van der Waals surface area contributed by atoms with Gasteiger partial charge in [-0.2, -0.15) is 0 Å². The number of carbonyl (C=O) groups is 2. The molecular formula is C23H23N3O4. The molecule has 3 aromatic rings. The lowest BCUT2D eigenvalue weighted by atomic mass is 10.0. The molecule has 2 amide bonds. The van der Waals surface area contributed by atoms with E-state index in [1.807, 2.05) is 36.4 Å².